The molecule has 4 nitrogen and oxygen atoms in total. The maximum Gasteiger partial charge on any atom is 0.265 e. The van der Waals surface area contributed by atoms with Crippen LogP contribution >= 0.6 is 0 Å². The number of carbonyl (C=O) groups is 1. The molecule has 4 heteroatoms. The lowest BCUT2D eigenvalue weighted by Gasteiger charge is -2.37. The van der Waals surface area contributed by atoms with Crippen LogP contribution in [0.1, 0.15) is 53.4 Å². The van der Waals surface area contributed by atoms with E-state index in [1.54, 1.807) is 6.07 Å². The summed E-state index contributed by atoms with van der Waals surface area (Å²) in [4.78, 5) is 11.8. The van der Waals surface area contributed by atoms with Gasteiger partial charge < -0.3 is 10.4 Å². The summed E-state index contributed by atoms with van der Waals surface area (Å²) < 4.78 is 0. The van der Waals surface area contributed by atoms with Gasteiger partial charge in [-0.05, 0) is 43.9 Å². The number of allylic oxidation sites excluding steroid dienone is 1. The number of carbonyl (C=O) groups excluding carboxylic acids is 1. The van der Waals surface area contributed by atoms with Crippen LogP contribution in [0.3, 0.4) is 0 Å². The number of hydrogen-bond donors (Lipinski definition) is 2. The summed E-state index contributed by atoms with van der Waals surface area (Å²) in [7, 11) is 0. The third-order valence-corrected chi connectivity index (χ3v) is 3.99. The van der Waals surface area contributed by atoms with Crippen LogP contribution in [0.25, 0.3) is 0 Å². The Balaban J connectivity index is 2.53. The van der Waals surface area contributed by atoms with Crippen molar-refractivity contribution < 1.29 is 9.90 Å². The second-order valence-corrected chi connectivity index (χ2v) is 6.46. The van der Waals surface area contributed by atoms with Crippen molar-refractivity contribution in [3.8, 4) is 6.07 Å². The average molecular weight is 264 g/mol. The third kappa shape index (κ3) is 4.27. The van der Waals surface area contributed by atoms with Crippen LogP contribution in [0.5, 0.6) is 0 Å². The first kappa shape index (κ1) is 15.6. The van der Waals surface area contributed by atoms with Crippen LogP contribution in [-0.4, -0.2) is 17.1 Å². The first-order valence-electron chi connectivity index (χ1n) is 6.86. The zero-order chi connectivity index (χ0) is 14.6. The van der Waals surface area contributed by atoms with Gasteiger partial charge in [-0.15, -0.1) is 0 Å². The highest BCUT2D eigenvalue weighted by Gasteiger charge is 2.30. The van der Waals surface area contributed by atoms with Crippen LogP contribution < -0.4 is 5.32 Å². The molecule has 0 aliphatic heterocycles. The van der Waals surface area contributed by atoms with E-state index in [1.807, 2.05) is 0 Å². The number of amides is 1. The Bertz CT molecular complexity index is 401. The van der Waals surface area contributed by atoms with Crippen molar-refractivity contribution in [3.63, 3.8) is 0 Å². The molecule has 0 heterocycles. The van der Waals surface area contributed by atoms with Gasteiger partial charge in [-0.1, -0.05) is 20.8 Å². The quantitative estimate of drug-likeness (QED) is 0.457. The van der Waals surface area contributed by atoms with Crippen LogP contribution in [0, 0.1) is 22.7 Å². The largest absolute Gasteiger partial charge is 0.511 e. The molecular weight excluding hydrogens is 240 g/mol. The molecule has 0 aromatic carbocycles. The fourth-order valence-corrected chi connectivity index (χ4v) is 2.66. The zero-order valence-electron chi connectivity index (χ0n) is 12.3. The molecule has 0 aromatic rings. The summed E-state index contributed by atoms with van der Waals surface area (Å²) in [6.07, 6.45) is 4.07. The van der Waals surface area contributed by atoms with E-state index in [4.69, 9.17) is 5.26 Å². The number of nitrogens with zero attached hydrogens (tertiary/aromatic N) is 1. The summed E-state index contributed by atoms with van der Waals surface area (Å²) in [6.45, 7) is 8.11. The number of aliphatic hydroxyl groups excluding tert-OH is 1. The van der Waals surface area contributed by atoms with E-state index in [0.717, 1.165) is 25.7 Å². The van der Waals surface area contributed by atoms with Gasteiger partial charge in [0.1, 0.15) is 11.8 Å². The van der Waals surface area contributed by atoms with Crippen molar-refractivity contribution in [1.29, 1.82) is 5.26 Å². The number of nitriles is 1. The van der Waals surface area contributed by atoms with Gasteiger partial charge in [0.25, 0.3) is 5.91 Å². The van der Waals surface area contributed by atoms with Gasteiger partial charge >= 0.3 is 0 Å². The van der Waals surface area contributed by atoms with Crippen molar-refractivity contribution in [2.45, 2.75) is 59.4 Å². The number of rotatable bonds is 2. The normalized spacial score (nSPS) is 25.2. The first-order valence-corrected chi connectivity index (χ1v) is 6.86. The highest BCUT2D eigenvalue weighted by atomic mass is 16.3. The molecule has 2 N–H and O–H groups in total. The Morgan fingerprint density at radius 1 is 1.26 bits per heavy atom. The lowest BCUT2D eigenvalue weighted by Crippen LogP contribution is -2.40. The van der Waals surface area contributed by atoms with Crippen LogP contribution in [0.2, 0.25) is 0 Å². The molecule has 0 radical (unpaired) electrons. The molecule has 1 fully saturated rings. The molecule has 1 rings (SSSR count). The smallest absolute Gasteiger partial charge is 0.265 e. The Kier molecular flexibility index (Phi) is 4.99. The van der Waals surface area contributed by atoms with E-state index in [1.165, 1.54) is 6.92 Å². The predicted octanol–water partition coefficient (Wildman–Crippen LogP) is 3.06. The topological polar surface area (TPSA) is 73.1 Å². The van der Waals surface area contributed by atoms with Gasteiger partial charge in [0.15, 0.2) is 5.57 Å². The van der Waals surface area contributed by atoms with Crippen LogP contribution in [-0.2, 0) is 4.79 Å². The molecule has 1 amide bonds. The Morgan fingerprint density at radius 2 is 1.79 bits per heavy atom. The minimum absolute atomic E-state index is 0.119. The van der Waals surface area contributed by atoms with Crippen molar-refractivity contribution in [2.75, 3.05) is 0 Å². The predicted molar refractivity (Wildman–Crippen MR) is 74.3 cm³/mol. The Hall–Kier alpha value is -1.50. The van der Waals surface area contributed by atoms with Crippen molar-refractivity contribution in [3.05, 3.63) is 11.3 Å². The summed E-state index contributed by atoms with van der Waals surface area (Å²) in [5.74, 6) is 0.0105. The minimum atomic E-state index is -0.457. The second kappa shape index (κ2) is 6.10. The maximum atomic E-state index is 11.8. The molecule has 0 saturated heterocycles. The minimum Gasteiger partial charge on any atom is -0.511 e. The van der Waals surface area contributed by atoms with Gasteiger partial charge in [0.2, 0.25) is 0 Å². The Morgan fingerprint density at radius 3 is 2.16 bits per heavy atom. The third-order valence-electron chi connectivity index (χ3n) is 3.99. The molecule has 0 atom stereocenters. The summed E-state index contributed by atoms with van der Waals surface area (Å²) in [5.41, 5.74) is 0.131. The molecule has 0 unspecified atom stereocenters. The van der Waals surface area contributed by atoms with E-state index in [0.29, 0.717) is 11.3 Å². The highest BCUT2D eigenvalue weighted by Crippen LogP contribution is 2.37. The van der Waals surface area contributed by atoms with Gasteiger partial charge in [0.05, 0.1) is 0 Å². The lowest BCUT2D eigenvalue weighted by molar-refractivity contribution is -0.118. The molecule has 0 bridgehead atoms. The summed E-state index contributed by atoms with van der Waals surface area (Å²) in [5, 5.41) is 20.9. The fourth-order valence-electron chi connectivity index (χ4n) is 2.66. The van der Waals surface area contributed by atoms with Crippen molar-refractivity contribution >= 4 is 5.91 Å². The van der Waals surface area contributed by atoms with Crippen LogP contribution in [0.4, 0.5) is 0 Å². The molecule has 19 heavy (non-hydrogen) atoms. The van der Waals surface area contributed by atoms with E-state index in [2.05, 4.69) is 26.1 Å². The van der Waals surface area contributed by atoms with E-state index in [-0.39, 0.29) is 17.4 Å². The molecule has 0 aromatic heterocycles. The molecular formula is C15H24N2O2. The average Bonchev–Trinajstić information content (AvgIpc) is 2.28. The number of hydrogen-bond acceptors (Lipinski definition) is 3. The fraction of sp³-hybridized carbons (Fsp3) is 0.733. The molecule has 106 valence electrons. The molecule has 1 aliphatic rings. The highest BCUT2D eigenvalue weighted by molar-refractivity contribution is 5.97. The standard InChI is InChI=1S/C15H24N2O2/c1-10(18)13(9-16)14(19)17-12-7-5-11(6-8-12)15(2,3)4/h11-12,18H,5-8H2,1-4H3,(H,17,19)/b13-10-/t11-,12+. The lowest BCUT2D eigenvalue weighted by atomic mass is 9.71. The van der Waals surface area contributed by atoms with E-state index < -0.39 is 5.91 Å². The molecule has 1 aliphatic carbocycles. The number of aliphatic hydroxyl groups is 1. The van der Waals surface area contributed by atoms with E-state index in [9.17, 15) is 9.90 Å². The SMILES string of the molecule is C/C(O)=C(\C#N)C(=O)N[C@H]1CC[C@@H](C(C)(C)C)CC1. The summed E-state index contributed by atoms with van der Waals surface area (Å²) in [6, 6.07) is 1.86. The van der Waals surface area contributed by atoms with Crippen molar-refractivity contribution in [1.82, 2.24) is 5.32 Å². The second-order valence-electron chi connectivity index (χ2n) is 6.46. The maximum absolute atomic E-state index is 11.8. The van der Waals surface area contributed by atoms with Crippen LogP contribution in [0.15, 0.2) is 11.3 Å². The molecule has 0 spiro atoms. The van der Waals surface area contributed by atoms with Gasteiger partial charge in [-0.25, -0.2) is 0 Å². The first-order chi connectivity index (χ1) is 8.75. The van der Waals surface area contributed by atoms with Crippen molar-refractivity contribution in [2.24, 2.45) is 11.3 Å². The zero-order valence-corrected chi connectivity index (χ0v) is 12.3. The van der Waals surface area contributed by atoms with Gasteiger partial charge in [-0.2, -0.15) is 5.26 Å². The summed E-state index contributed by atoms with van der Waals surface area (Å²) >= 11 is 0. The van der Waals surface area contributed by atoms with Gasteiger partial charge in [0, 0.05) is 6.04 Å². The molecule has 1 saturated carbocycles. The van der Waals surface area contributed by atoms with E-state index >= 15 is 0 Å². The number of nitrogens with one attached hydrogen (secondary N) is 1. The Labute approximate surface area is 115 Å². The monoisotopic (exact) mass is 264 g/mol. The van der Waals surface area contributed by atoms with Gasteiger partial charge in [-0.3, -0.25) is 4.79 Å².